The van der Waals surface area contributed by atoms with Crippen LogP contribution in [0, 0.1) is 11.3 Å². The second-order valence-corrected chi connectivity index (χ2v) is 5.95. The van der Waals surface area contributed by atoms with E-state index in [1.54, 1.807) is 13.0 Å². The van der Waals surface area contributed by atoms with Crippen molar-refractivity contribution >= 4 is 11.7 Å². The summed E-state index contributed by atoms with van der Waals surface area (Å²) < 4.78 is 5.00. The molecule has 2 atom stereocenters. The van der Waals surface area contributed by atoms with E-state index >= 15 is 0 Å². The Morgan fingerprint density at radius 2 is 1.92 bits per heavy atom. The van der Waals surface area contributed by atoms with Gasteiger partial charge in [0.1, 0.15) is 0 Å². The van der Waals surface area contributed by atoms with Crippen LogP contribution in [0.25, 0.3) is 0 Å². The lowest BCUT2D eigenvalue weighted by molar-refractivity contribution is -0.137. The zero-order chi connectivity index (χ0) is 17.9. The lowest BCUT2D eigenvalue weighted by atomic mass is 9.77. The SMILES string of the molecule is CCOC(=O)C=CC1c2ccccc2N(C)C1(C#N)c1ccccc1. The van der Waals surface area contributed by atoms with Crippen molar-refractivity contribution in [2.45, 2.75) is 18.4 Å². The average molecular weight is 332 g/mol. The number of esters is 1. The summed E-state index contributed by atoms with van der Waals surface area (Å²) in [6.07, 6.45) is 3.22. The van der Waals surface area contributed by atoms with Gasteiger partial charge in [0.2, 0.25) is 0 Å². The number of rotatable bonds is 4. The van der Waals surface area contributed by atoms with E-state index in [-0.39, 0.29) is 5.92 Å². The van der Waals surface area contributed by atoms with Crippen LogP contribution in [0.2, 0.25) is 0 Å². The molecule has 0 bridgehead atoms. The molecule has 0 spiro atoms. The van der Waals surface area contributed by atoms with Crippen molar-refractivity contribution < 1.29 is 9.53 Å². The van der Waals surface area contributed by atoms with Crippen LogP contribution in [-0.2, 0) is 15.1 Å². The number of carbonyl (C=O) groups excluding carboxylic acids is 1. The maximum Gasteiger partial charge on any atom is 0.330 e. The van der Waals surface area contributed by atoms with Gasteiger partial charge >= 0.3 is 5.97 Å². The number of nitriles is 1. The van der Waals surface area contributed by atoms with Crippen LogP contribution in [-0.4, -0.2) is 19.6 Å². The highest BCUT2D eigenvalue weighted by Crippen LogP contribution is 2.52. The van der Waals surface area contributed by atoms with Crippen LogP contribution in [0.5, 0.6) is 0 Å². The molecule has 4 heteroatoms. The first-order chi connectivity index (χ1) is 12.1. The van der Waals surface area contributed by atoms with Crippen LogP contribution >= 0.6 is 0 Å². The van der Waals surface area contributed by atoms with Gasteiger partial charge in [-0.2, -0.15) is 5.26 Å². The highest BCUT2D eigenvalue weighted by molar-refractivity contribution is 5.82. The molecule has 25 heavy (non-hydrogen) atoms. The number of benzene rings is 2. The molecular weight excluding hydrogens is 312 g/mol. The van der Waals surface area contributed by atoms with Crippen molar-refractivity contribution in [3.8, 4) is 6.07 Å². The number of para-hydroxylation sites is 1. The lowest BCUT2D eigenvalue weighted by Crippen LogP contribution is -2.42. The molecule has 4 nitrogen and oxygen atoms in total. The molecule has 0 aliphatic carbocycles. The van der Waals surface area contributed by atoms with Gasteiger partial charge in [-0.15, -0.1) is 0 Å². The number of hydrogen-bond acceptors (Lipinski definition) is 4. The van der Waals surface area contributed by atoms with Gasteiger partial charge < -0.3 is 9.64 Å². The van der Waals surface area contributed by atoms with Crippen LogP contribution < -0.4 is 4.90 Å². The first-order valence-corrected chi connectivity index (χ1v) is 8.29. The van der Waals surface area contributed by atoms with Crippen molar-refractivity contribution in [3.05, 3.63) is 77.9 Å². The predicted octanol–water partition coefficient (Wildman–Crippen LogP) is 3.76. The van der Waals surface area contributed by atoms with E-state index < -0.39 is 11.5 Å². The minimum absolute atomic E-state index is 0.273. The summed E-state index contributed by atoms with van der Waals surface area (Å²) in [7, 11) is 1.92. The van der Waals surface area contributed by atoms with E-state index in [9.17, 15) is 10.1 Å². The fourth-order valence-corrected chi connectivity index (χ4v) is 3.56. The Kier molecular flexibility index (Phi) is 4.58. The Labute approximate surface area is 148 Å². The molecule has 0 fully saturated rings. The monoisotopic (exact) mass is 332 g/mol. The Bertz CT molecular complexity index is 838. The second-order valence-electron chi connectivity index (χ2n) is 5.95. The largest absolute Gasteiger partial charge is 0.463 e. The molecule has 2 unspecified atom stereocenters. The van der Waals surface area contributed by atoms with E-state index in [1.165, 1.54) is 6.08 Å². The standard InChI is InChI=1S/C21H20N2O2/c1-3-25-20(24)14-13-18-17-11-7-8-12-19(17)23(2)21(18,15-22)16-9-5-4-6-10-16/h4-14,18H,3H2,1-2H3. The number of hydrogen-bond donors (Lipinski definition) is 0. The number of anilines is 1. The third-order valence-electron chi connectivity index (χ3n) is 4.71. The van der Waals surface area contributed by atoms with Crippen molar-refractivity contribution in [2.75, 3.05) is 18.6 Å². The molecule has 1 aliphatic heterocycles. The van der Waals surface area contributed by atoms with Gasteiger partial charge in [0.15, 0.2) is 5.54 Å². The molecule has 0 amide bonds. The third-order valence-corrected chi connectivity index (χ3v) is 4.71. The molecule has 0 saturated carbocycles. The van der Waals surface area contributed by atoms with Crippen molar-refractivity contribution in [1.29, 1.82) is 5.26 Å². The molecule has 2 aromatic carbocycles. The van der Waals surface area contributed by atoms with Gasteiger partial charge in [0.05, 0.1) is 12.7 Å². The predicted molar refractivity (Wildman–Crippen MR) is 97.1 cm³/mol. The Morgan fingerprint density at radius 1 is 1.24 bits per heavy atom. The molecular formula is C21H20N2O2. The van der Waals surface area contributed by atoms with Gasteiger partial charge in [0.25, 0.3) is 0 Å². The van der Waals surface area contributed by atoms with E-state index in [1.807, 2.05) is 66.5 Å². The molecule has 0 N–H and O–H groups in total. The van der Waals surface area contributed by atoms with Gasteiger partial charge in [-0.3, -0.25) is 0 Å². The van der Waals surface area contributed by atoms with Crippen molar-refractivity contribution in [1.82, 2.24) is 0 Å². The van der Waals surface area contributed by atoms with Crippen LogP contribution in [0.4, 0.5) is 5.69 Å². The summed E-state index contributed by atoms with van der Waals surface area (Å²) in [6, 6.07) is 20.1. The quantitative estimate of drug-likeness (QED) is 0.632. The van der Waals surface area contributed by atoms with Crippen LogP contribution in [0.3, 0.4) is 0 Å². The topological polar surface area (TPSA) is 53.3 Å². The van der Waals surface area contributed by atoms with Gasteiger partial charge in [-0.25, -0.2) is 4.79 Å². The zero-order valence-corrected chi connectivity index (χ0v) is 14.3. The van der Waals surface area contributed by atoms with E-state index in [0.717, 1.165) is 16.8 Å². The van der Waals surface area contributed by atoms with Gasteiger partial charge in [0, 0.05) is 24.7 Å². The molecule has 1 heterocycles. The normalized spacial score (nSPS) is 21.8. The number of likely N-dealkylation sites (N-methyl/N-ethyl adjacent to an activating group) is 1. The van der Waals surface area contributed by atoms with Gasteiger partial charge in [-0.1, -0.05) is 54.6 Å². The minimum Gasteiger partial charge on any atom is -0.463 e. The van der Waals surface area contributed by atoms with Crippen molar-refractivity contribution in [2.24, 2.45) is 0 Å². The van der Waals surface area contributed by atoms with E-state index in [0.29, 0.717) is 6.61 Å². The number of nitrogens with zero attached hydrogens (tertiary/aromatic N) is 2. The molecule has 1 aliphatic rings. The Hall–Kier alpha value is -3.06. The summed E-state index contributed by atoms with van der Waals surface area (Å²) in [5.41, 5.74) is 2.01. The molecule has 0 aromatic heterocycles. The maximum atomic E-state index is 11.8. The smallest absolute Gasteiger partial charge is 0.330 e. The fraction of sp³-hybridized carbons (Fsp3) is 0.238. The van der Waals surface area contributed by atoms with E-state index in [2.05, 4.69) is 6.07 Å². The highest BCUT2D eigenvalue weighted by Gasteiger charge is 2.50. The van der Waals surface area contributed by atoms with Crippen molar-refractivity contribution in [3.63, 3.8) is 0 Å². The Balaban J connectivity index is 2.15. The lowest BCUT2D eigenvalue weighted by Gasteiger charge is -2.35. The number of ether oxygens (including phenoxy) is 1. The first-order valence-electron chi connectivity index (χ1n) is 8.29. The highest BCUT2D eigenvalue weighted by atomic mass is 16.5. The Morgan fingerprint density at radius 3 is 2.60 bits per heavy atom. The second kappa shape index (κ2) is 6.82. The van der Waals surface area contributed by atoms with Crippen LogP contribution in [0.1, 0.15) is 24.0 Å². The molecule has 0 radical (unpaired) electrons. The molecule has 0 saturated heterocycles. The first kappa shape index (κ1) is 16.8. The molecule has 126 valence electrons. The number of fused-ring (bicyclic) bond motifs is 1. The summed E-state index contributed by atoms with van der Waals surface area (Å²) in [5.74, 6) is -0.667. The molecule has 2 aromatic rings. The zero-order valence-electron chi connectivity index (χ0n) is 14.3. The summed E-state index contributed by atoms with van der Waals surface area (Å²) >= 11 is 0. The molecule has 3 rings (SSSR count). The average Bonchev–Trinajstić information content (AvgIpc) is 2.90. The van der Waals surface area contributed by atoms with E-state index in [4.69, 9.17) is 4.74 Å². The van der Waals surface area contributed by atoms with Gasteiger partial charge in [-0.05, 0) is 24.1 Å². The third kappa shape index (κ3) is 2.68. The maximum absolute atomic E-state index is 11.8. The summed E-state index contributed by atoms with van der Waals surface area (Å²) in [6.45, 7) is 2.10. The summed E-state index contributed by atoms with van der Waals surface area (Å²) in [5, 5.41) is 10.2. The number of carbonyl (C=O) groups is 1. The minimum atomic E-state index is -0.909. The summed E-state index contributed by atoms with van der Waals surface area (Å²) in [4.78, 5) is 13.8. The fourth-order valence-electron chi connectivity index (χ4n) is 3.56. The van der Waals surface area contributed by atoms with Crippen LogP contribution in [0.15, 0.2) is 66.7 Å².